The normalized spacial score (nSPS) is 20.8. The fourth-order valence-electron chi connectivity index (χ4n) is 1.60. The molecule has 5 heteroatoms. The highest BCUT2D eigenvalue weighted by molar-refractivity contribution is 5.85. The van der Waals surface area contributed by atoms with Gasteiger partial charge in [-0.05, 0) is 25.9 Å². The van der Waals surface area contributed by atoms with Crippen molar-refractivity contribution in [1.29, 1.82) is 0 Å². The number of rotatable bonds is 4. The summed E-state index contributed by atoms with van der Waals surface area (Å²) in [7, 11) is 0. The standard InChI is InChI=1S/C8H18N2O2.ClH/c9-12-7-8(11)6-10-4-2-1-3-5-10;/h8,11H,1-7,9H2;1H/t8-;/m1./s1. The summed E-state index contributed by atoms with van der Waals surface area (Å²) >= 11 is 0. The van der Waals surface area contributed by atoms with Crippen molar-refractivity contribution in [3.8, 4) is 0 Å². The molecule has 4 nitrogen and oxygen atoms in total. The summed E-state index contributed by atoms with van der Waals surface area (Å²) < 4.78 is 0. The zero-order valence-electron chi connectivity index (χ0n) is 7.82. The number of aliphatic hydroxyl groups is 1. The zero-order chi connectivity index (χ0) is 8.81. The van der Waals surface area contributed by atoms with Gasteiger partial charge in [0, 0.05) is 6.54 Å². The second-order valence-corrected chi connectivity index (χ2v) is 3.35. The van der Waals surface area contributed by atoms with Crippen molar-refractivity contribution in [2.24, 2.45) is 5.90 Å². The van der Waals surface area contributed by atoms with Crippen molar-refractivity contribution >= 4 is 12.4 Å². The lowest BCUT2D eigenvalue weighted by atomic mass is 10.1. The largest absolute Gasteiger partial charge is 0.389 e. The van der Waals surface area contributed by atoms with Crippen molar-refractivity contribution in [2.45, 2.75) is 25.4 Å². The molecule has 0 aromatic carbocycles. The molecule has 1 aliphatic rings. The summed E-state index contributed by atoms with van der Waals surface area (Å²) in [6, 6.07) is 0. The summed E-state index contributed by atoms with van der Waals surface area (Å²) in [5.41, 5.74) is 0. The van der Waals surface area contributed by atoms with Gasteiger partial charge in [-0.25, -0.2) is 5.90 Å². The summed E-state index contributed by atoms with van der Waals surface area (Å²) in [5, 5.41) is 9.35. The summed E-state index contributed by atoms with van der Waals surface area (Å²) in [6.07, 6.45) is 3.37. The number of piperidine rings is 1. The number of nitrogens with zero attached hydrogens (tertiary/aromatic N) is 1. The molecule has 1 heterocycles. The molecule has 0 bridgehead atoms. The van der Waals surface area contributed by atoms with Crippen molar-refractivity contribution < 1.29 is 9.94 Å². The smallest absolute Gasteiger partial charge is 0.0951 e. The number of β-amino-alcohol motifs (C(OH)–C–C–N with tert-alkyl or cyclic N) is 1. The lowest BCUT2D eigenvalue weighted by molar-refractivity contribution is 0.0131. The topological polar surface area (TPSA) is 58.7 Å². The van der Waals surface area contributed by atoms with Crippen molar-refractivity contribution in [1.82, 2.24) is 4.90 Å². The maximum absolute atomic E-state index is 9.35. The minimum Gasteiger partial charge on any atom is -0.389 e. The fraction of sp³-hybridized carbons (Fsp3) is 1.00. The van der Waals surface area contributed by atoms with Crippen LogP contribution in [0.3, 0.4) is 0 Å². The third-order valence-electron chi connectivity index (χ3n) is 2.21. The molecule has 0 aromatic heterocycles. The molecule has 0 saturated carbocycles. The van der Waals surface area contributed by atoms with Crippen LogP contribution in [0, 0.1) is 0 Å². The van der Waals surface area contributed by atoms with E-state index in [2.05, 4.69) is 9.74 Å². The van der Waals surface area contributed by atoms with Gasteiger partial charge in [-0.3, -0.25) is 0 Å². The molecule has 0 unspecified atom stereocenters. The zero-order valence-corrected chi connectivity index (χ0v) is 8.63. The molecular formula is C8H19ClN2O2. The van der Waals surface area contributed by atoms with Gasteiger partial charge >= 0.3 is 0 Å². The Bertz CT molecular complexity index is 121. The third kappa shape index (κ3) is 5.44. The summed E-state index contributed by atoms with van der Waals surface area (Å²) in [5.74, 6) is 4.86. The van der Waals surface area contributed by atoms with E-state index < -0.39 is 6.10 Å². The first-order valence-corrected chi connectivity index (χ1v) is 4.55. The Morgan fingerprint density at radius 2 is 1.92 bits per heavy atom. The lowest BCUT2D eigenvalue weighted by Gasteiger charge is -2.27. The molecular weight excluding hydrogens is 192 g/mol. The van der Waals surface area contributed by atoms with Crippen LogP contribution in [0.5, 0.6) is 0 Å². The highest BCUT2D eigenvalue weighted by Gasteiger charge is 2.13. The molecule has 80 valence electrons. The van der Waals surface area contributed by atoms with Gasteiger partial charge in [0.1, 0.15) is 0 Å². The van der Waals surface area contributed by atoms with Gasteiger partial charge in [0.15, 0.2) is 0 Å². The van der Waals surface area contributed by atoms with E-state index in [0.717, 1.165) is 13.1 Å². The second-order valence-electron chi connectivity index (χ2n) is 3.35. The Balaban J connectivity index is 0.00000144. The van der Waals surface area contributed by atoms with E-state index in [1.54, 1.807) is 0 Å². The first-order chi connectivity index (χ1) is 5.83. The van der Waals surface area contributed by atoms with Crippen molar-refractivity contribution in [2.75, 3.05) is 26.2 Å². The van der Waals surface area contributed by atoms with Gasteiger partial charge in [-0.15, -0.1) is 12.4 Å². The fourth-order valence-corrected chi connectivity index (χ4v) is 1.60. The lowest BCUT2D eigenvalue weighted by Crippen LogP contribution is -2.38. The monoisotopic (exact) mass is 210 g/mol. The minimum atomic E-state index is -0.437. The Morgan fingerprint density at radius 3 is 2.46 bits per heavy atom. The predicted molar refractivity (Wildman–Crippen MR) is 53.7 cm³/mol. The Kier molecular flexibility index (Phi) is 7.60. The molecule has 0 aromatic rings. The predicted octanol–water partition coefficient (Wildman–Crippen LogP) is 0.145. The second kappa shape index (κ2) is 7.53. The number of hydrogen-bond acceptors (Lipinski definition) is 4. The van der Waals surface area contributed by atoms with E-state index in [1.165, 1.54) is 19.3 Å². The first kappa shape index (κ1) is 13.1. The van der Waals surface area contributed by atoms with Crippen LogP contribution in [0.4, 0.5) is 0 Å². The highest BCUT2D eigenvalue weighted by atomic mass is 35.5. The average molecular weight is 211 g/mol. The van der Waals surface area contributed by atoms with Crippen LogP contribution in [0.15, 0.2) is 0 Å². The van der Waals surface area contributed by atoms with E-state index in [-0.39, 0.29) is 19.0 Å². The molecule has 13 heavy (non-hydrogen) atoms. The van der Waals surface area contributed by atoms with Gasteiger partial charge in [-0.2, -0.15) is 0 Å². The van der Waals surface area contributed by atoms with Crippen LogP contribution < -0.4 is 5.90 Å². The van der Waals surface area contributed by atoms with Gasteiger partial charge in [0.2, 0.25) is 0 Å². The third-order valence-corrected chi connectivity index (χ3v) is 2.21. The van der Waals surface area contributed by atoms with Crippen molar-refractivity contribution in [3.05, 3.63) is 0 Å². The Morgan fingerprint density at radius 1 is 1.31 bits per heavy atom. The van der Waals surface area contributed by atoms with E-state index in [9.17, 15) is 5.11 Å². The molecule has 1 saturated heterocycles. The van der Waals surface area contributed by atoms with Crippen LogP contribution in [0.25, 0.3) is 0 Å². The number of nitrogens with two attached hydrogens (primary N) is 1. The Labute approximate surface area is 85.4 Å². The van der Waals surface area contributed by atoms with Gasteiger partial charge < -0.3 is 14.8 Å². The molecule has 1 atom stereocenters. The van der Waals surface area contributed by atoms with E-state index in [1.807, 2.05) is 0 Å². The van der Waals surface area contributed by atoms with Crippen LogP contribution in [0.2, 0.25) is 0 Å². The van der Waals surface area contributed by atoms with Gasteiger partial charge in [-0.1, -0.05) is 6.42 Å². The first-order valence-electron chi connectivity index (χ1n) is 4.55. The average Bonchev–Trinajstić information content (AvgIpc) is 2.06. The highest BCUT2D eigenvalue weighted by Crippen LogP contribution is 2.08. The van der Waals surface area contributed by atoms with Gasteiger partial charge in [0.25, 0.3) is 0 Å². The maximum Gasteiger partial charge on any atom is 0.0951 e. The quantitative estimate of drug-likeness (QED) is 0.649. The number of likely N-dealkylation sites (tertiary alicyclic amines) is 1. The van der Waals surface area contributed by atoms with E-state index >= 15 is 0 Å². The Hall–Kier alpha value is 0.130. The summed E-state index contributed by atoms with van der Waals surface area (Å²) in [6.45, 7) is 3.12. The van der Waals surface area contributed by atoms with Crippen molar-refractivity contribution in [3.63, 3.8) is 0 Å². The van der Waals surface area contributed by atoms with Crippen LogP contribution in [0.1, 0.15) is 19.3 Å². The maximum atomic E-state index is 9.35. The molecule has 1 rings (SSSR count). The van der Waals surface area contributed by atoms with Gasteiger partial charge in [0.05, 0.1) is 12.7 Å². The molecule has 0 spiro atoms. The molecule has 1 aliphatic heterocycles. The minimum absolute atomic E-state index is 0. The number of halogens is 1. The number of aliphatic hydroxyl groups excluding tert-OH is 1. The molecule has 1 fully saturated rings. The molecule has 0 aliphatic carbocycles. The van der Waals surface area contributed by atoms with Crippen LogP contribution in [-0.2, 0) is 4.84 Å². The van der Waals surface area contributed by atoms with E-state index in [4.69, 9.17) is 5.90 Å². The van der Waals surface area contributed by atoms with Crippen LogP contribution in [-0.4, -0.2) is 42.4 Å². The summed E-state index contributed by atoms with van der Waals surface area (Å²) in [4.78, 5) is 6.63. The molecule has 3 N–H and O–H groups in total. The SMILES string of the molecule is Cl.NOC[C@H](O)CN1CCCCC1. The molecule has 0 amide bonds. The molecule has 0 radical (unpaired) electrons. The van der Waals surface area contributed by atoms with Crippen LogP contribution >= 0.6 is 12.4 Å². The van der Waals surface area contributed by atoms with E-state index in [0.29, 0.717) is 6.54 Å². The number of hydrogen-bond donors (Lipinski definition) is 2.